The fourth-order valence-corrected chi connectivity index (χ4v) is 7.96. The van der Waals surface area contributed by atoms with Gasteiger partial charge in [-0.3, -0.25) is 9.78 Å². The van der Waals surface area contributed by atoms with E-state index in [9.17, 15) is 14.7 Å². The molecule has 12 atom stereocenters. The van der Waals surface area contributed by atoms with E-state index >= 15 is 0 Å². The number of hydrogen-bond acceptors (Lipinski definition) is 13. The zero-order chi connectivity index (χ0) is 45.2. The largest absolute Gasteiger partial charge is 0 e. The van der Waals surface area contributed by atoms with Crippen LogP contribution in [0, 0.1) is 35.1 Å². The summed E-state index contributed by atoms with van der Waals surface area (Å²) in [5.41, 5.74) is -0.909. The van der Waals surface area contributed by atoms with Crippen molar-refractivity contribution in [2.75, 3.05) is 41.5 Å². The van der Waals surface area contributed by atoms with Crippen LogP contribution in [-0.2, 0) is 281 Å². The number of aliphatic hydroxyl groups is 1. The number of cyclic esters (lactones) is 1. The number of nitrogens with zero attached hydrogens (tertiary/aromatic N) is 2. The molecule has 0 aliphatic carbocycles. The van der Waals surface area contributed by atoms with Crippen LogP contribution in [0.1, 0.15) is 81.7 Å². The van der Waals surface area contributed by atoms with Gasteiger partial charge in [-0.15, -0.1) is 0 Å². The first-order valence-corrected chi connectivity index (χ1v) is 31.8. The molecule has 1 aromatic rings. The molecule has 0 aromatic carbocycles. The van der Waals surface area contributed by atoms with E-state index in [1.165, 1.54) is 6.92 Å². The van der Waals surface area contributed by atoms with Crippen molar-refractivity contribution in [3.8, 4) is 0 Å². The Hall–Kier alpha value is 5.11. The van der Waals surface area contributed by atoms with Gasteiger partial charge in [0.2, 0.25) is 0 Å². The summed E-state index contributed by atoms with van der Waals surface area (Å²) in [6, 6.07) is 6.51. The van der Waals surface area contributed by atoms with Crippen LogP contribution < -0.4 is 0 Å². The van der Waals surface area contributed by atoms with Crippen molar-refractivity contribution in [2.24, 2.45) is 17.8 Å². The first kappa shape index (κ1) is 85.0. The minimum absolute atomic E-state index is 0. The van der Waals surface area contributed by atoms with Crippen LogP contribution in [0.4, 0.5) is 0 Å². The molecular weight excluding hydrogens is 2630 g/mol. The molecule has 4 rings (SSSR count). The number of Topliss-reactive ketones (excluding diaryl/α,β-unsaturated/α-hetero) is 1. The molecule has 4 heterocycles. The van der Waals surface area contributed by atoms with Crippen molar-refractivity contribution in [1.29, 1.82) is 5.41 Å². The molecule has 0 saturated carbocycles. The number of nitrogens with one attached hydrogen (secondary N) is 1. The van der Waals surface area contributed by atoms with E-state index in [0.717, 1.165) is 37.0 Å². The van der Waals surface area contributed by atoms with E-state index in [-0.39, 0.29) is 235 Å². The number of ketones is 1. The maximum Gasteiger partial charge on any atom is 0 e. The summed E-state index contributed by atoms with van der Waals surface area (Å²) < 4.78 is 48.6. The van der Waals surface area contributed by atoms with Gasteiger partial charge in [0.05, 0.1) is 49.4 Å². The van der Waals surface area contributed by atoms with Crippen molar-refractivity contribution in [3.05, 3.63) is 48.2 Å². The number of aromatic nitrogens is 1. The van der Waals surface area contributed by atoms with E-state index in [0.29, 0.717) is 13.0 Å². The second kappa shape index (κ2) is 45.2. The van der Waals surface area contributed by atoms with Crippen molar-refractivity contribution in [2.45, 2.75) is 135 Å². The maximum atomic E-state index is 14.1. The van der Waals surface area contributed by atoms with Crippen LogP contribution in [0.5, 0.6) is 0 Å². The molecule has 0 unspecified atom stereocenters. The number of likely N-dealkylation sites (N-methyl/N-ethyl adjacent to an activating group) is 1. The van der Waals surface area contributed by atoms with Gasteiger partial charge in [-0.2, -0.15) is 13.0 Å². The number of carbonyl (C=O) groups excluding carboxylic acids is 2. The number of ether oxygens (including phenoxy) is 7. The third kappa shape index (κ3) is 26.4. The summed E-state index contributed by atoms with van der Waals surface area (Å²) in [7, 11) is 7.23. The van der Waals surface area contributed by atoms with Crippen LogP contribution in [0.25, 0.3) is 0 Å². The van der Waals surface area contributed by atoms with Gasteiger partial charge in [0.1, 0.15) is 17.8 Å². The molecule has 0 amide bonds. The molecule has 0 spiro atoms. The first-order valence-electron chi connectivity index (χ1n) is 19.8. The average molecular weight is 2700 g/mol. The topological polar surface area (TPSA) is 159 Å². The smallest absolute Gasteiger partial charge is 0 e. The number of pyridine rings is 1. The van der Waals surface area contributed by atoms with Gasteiger partial charge >= 0.3 is 58.0 Å². The summed E-state index contributed by atoms with van der Waals surface area (Å²) in [4.78, 5) is 35.8. The van der Waals surface area contributed by atoms with Crippen molar-refractivity contribution in [3.63, 3.8) is 0 Å². The standard InChI is InChI=1S/C34H57N2O9.C7H8NO.CH.10W.Y/c1-13-26-34(9,39)30-21(5)20(4)18(2)15-33(8,42-17-24(35)16-41-30)29(22(6)27(37)23(7)31(38)44-26)45-32-28(40-12)25(36(10)11)14-19(3)43-32;1-9-6-7-4-2-3-5-8-7;;;;;;;;;;;;/h18-19,21-22,25-26,28-30,32,35,39H,4,13-17H2,1-3,5-12H3;2,4-5H,6H2,1H3;1H;;;;;;;;;;;/q3*-1;;;;;;;;;;;/t18-,19-,21+,22+,25+,26-,28-,29-,30-,32+,33-,34-;;;;;;;;;;;;;/m1............./s1/i;;1T;;;;;;;;;;;. The van der Waals surface area contributed by atoms with E-state index in [4.69, 9.17) is 39.9 Å². The number of esters is 1. The van der Waals surface area contributed by atoms with Crippen molar-refractivity contribution in [1.82, 2.24) is 9.88 Å². The van der Waals surface area contributed by atoms with Crippen LogP contribution in [0.15, 0.2) is 30.5 Å². The molecule has 2 N–H and O–H groups in total. The first-order chi connectivity index (χ1) is 27.7. The summed E-state index contributed by atoms with van der Waals surface area (Å²) in [6.07, 6.45) is -1.23. The number of methoxy groups -OCH3 is 2. The van der Waals surface area contributed by atoms with Crippen molar-refractivity contribution < 1.29 is 281 Å². The number of rotatable bonds is 7. The molecule has 1 aromatic heterocycles. The van der Waals surface area contributed by atoms with E-state index in [1.54, 1.807) is 73.6 Å². The Balaban J connectivity index is -0.000000230. The van der Waals surface area contributed by atoms with E-state index in [1.807, 2.05) is 53.9 Å². The van der Waals surface area contributed by atoms with Crippen LogP contribution in [-0.4, -0.2) is 133 Å². The van der Waals surface area contributed by atoms with Gasteiger partial charge < -0.3 is 53.4 Å². The summed E-state index contributed by atoms with van der Waals surface area (Å²) in [5, 5.41) is 20.6. The van der Waals surface area contributed by atoms with Crippen LogP contribution in [0.2, 0.25) is 0 Å². The molecule has 13 nitrogen and oxygen atoms in total. The average Bonchev–Trinajstić information content (AvgIpc) is 3.21. The molecule has 2 bridgehead atoms. The Bertz CT molecular complexity index is 1510. The zero-order valence-corrected chi connectivity index (χ0v) is 71.8. The Labute approximate surface area is 553 Å². The normalized spacial score (nSPS) is 30.9. The Morgan fingerprint density at radius 1 is 1.08 bits per heavy atom. The van der Waals surface area contributed by atoms with Gasteiger partial charge in [-0.1, -0.05) is 46.0 Å². The molecular formula is C42H66N3O10W10Y-3. The monoisotopic (exact) mass is 2700 g/mol. The van der Waals surface area contributed by atoms with Crippen LogP contribution >= 0.6 is 0 Å². The molecule has 66 heavy (non-hydrogen) atoms. The number of fused-ring (bicyclic) bond motifs is 5. The third-order valence-electron chi connectivity index (χ3n) is 11.2. The van der Waals surface area contributed by atoms with E-state index in [2.05, 4.69) is 27.4 Å². The summed E-state index contributed by atoms with van der Waals surface area (Å²) >= 11 is 4.42. The van der Waals surface area contributed by atoms with Crippen LogP contribution in [0.3, 0.4) is 0 Å². The second-order valence-electron chi connectivity index (χ2n) is 15.7. The SMILES string of the molecule is C=C1[C@H](C)C[C@@]2(C)OCC(=N)CO[C@H]([C@H]1C)[C@](C)(O)[C@@H](CC)OC(=O)[C-](C)C(=O)[C@H](C)[C@H]2O[C@@H]1O[C@H](C)C[C@H](N(C)C)[C@H]1OC.COCc1cc[c-]cn1.[3H][C-]=[W].[W].[W].[W].[W].[W].[W].[W].[W]=[W].[Y]. The molecule has 375 valence electrons. The Morgan fingerprint density at radius 3 is 2.11 bits per heavy atom. The zero-order valence-electron chi connectivity index (χ0n) is 40.6. The van der Waals surface area contributed by atoms with E-state index < -0.39 is 59.6 Å². The molecule has 3 aliphatic heterocycles. The number of carbonyl (C=O) groups is 2. The van der Waals surface area contributed by atoms with Gasteiger partial charge in [-0.25, -0.2) is 18.1 Å². The number of hydrogen-bond donors (Lipinski definition) is 2. The predicted octanol–water partition coefficient (Wildman–Crippen LogP) is 4.60. The minimum Gasteiger partial charge on any atom is 0 e. The van der Waals surface area contributed by atoms with Gasteiger partial charge in [-0.05, 0) is 65.7 Å². The predicted molar refractivity (Wildman–Crippen MR) is 210 cm³/mol. The summed E-state index contributed by atoms with van der Waals surface area (Å²) in [6.45, 7) is 19.1. The summed E-state index contributed by atoms with van der Waals surface area (Å²) in [5.74, 6) is -2.84. The van der Waals surface area contributed by atoms with Gasteiger partial charge in [0.15, 0.2) is 12.3 Å². The fraction of sp³-hybridized carbons (Fsp3) is 0.714. The molecule has 24 heteroatoms. The third-order valence-corrected chi connectivity index (χ3v) is 11.2. The quantitative estimate of drug-likeness (QED) is 0.223. The maximum absolute atomic E-state index is 14.1. The molecule has 1 radical (unpaired) electrons. The molecule has 3 saturated heterocycles. The minimum atomic E-state index is -1.65. The van der Waals surface area contributed by atoms with Gasteiger partial charge in [0, 0.05) is 218 Å². The Morgan fingerprint density at radius 2 is 1.64 bits per heavy atom. The Kier molecular flexibility index (Phi) is 58.2. The molecule has 3 aliphatic rings. The fourth-order valence-electron chi connectivity index (χ4n) is 7.96. The van der Waals surface area contributed by atoms with Gasteiger partial charge in [0.25, 0.3) is 0 Å². The van der Waals surface area contributed by atoms with Crippen molar-refractivity contribution >= 4 is 22.3 Å². The second-order valence-corrected chi connectivity index (χ2v) is 15.7. The molecule has 3 fully saturated rings.